The highest BCUT2D eigenvalue weighted by Gasteiger charge is 2.37. The van der Waals surface area contributed by atoms with Crippen LogP contribution in [0.4, 0.5) is 0 Å². The summed E-state index contributed by atoms with van der Waals surface area (Å²) in [5.74, 6) is 2.20. The number of aromatic nitrogens is 5. The van der Waals surface area contributed by atoms with Crippen LogP contribution in [0.2, 0.25) is 0 Å². The van der Waals surface area contributed by atoms with Gasteiger partial charge in [-0.1, -0.05) is 20.3 Å². The van der Waals surface area contributed by atoms with Crippen LogP contribution in [-0.4, -0.2) is 44.0 Å². The zero-order chi connectivity index (χ0) is 17.5. The largest absolute Gasteiger partial charge is 0.337 e. The molecule has 1 atom stereocenters. The Morgan fingerprint density at radius 3 is 2.62 bits per heavy atom. The lowest BCUT2D eigenvalue weighted by Gasteiger charge is -2.32. The van der Waals surface area contributed by atoms with Crippen LogP contribution in [-0.2, 0) is 17.1 Å². The maximum Gasteiger partial charge on any atom is 0.262 e. The predicted molar refractivity (Wildman–Crippen MR) is 88.9 cm³/mol. The quantitative estimate of drug-likeness (QED) is 0.906. The highest BCUT2D eigenvalue weighted by atomic mass is 32.2. The highest BCUT2D eigenvalue weighted by Crippen LogP contribution is 2.34. The van der Waals surface area contributed by atoms with Gasteiger partial charge in [-0.3, -0.25) is 5.10 Å². The lowest BCUT2D eigenvalue weighted by atomic mass is 10.0. The second-order valence-electron chi connectivity index (χ2n) is 6.60. The number of sulfonamides is 1. The van der Waals surface area contributed by atoms with Crippen LogP contribution >= 0.6 is 0 Å². The summed E-state index contributed by atoms with van der Waals surface area (Å²) in [6.45, 7) is 6.29. The Morgan fingerprint density at radius 1 is 1.29 bits per heavy atom. The second-order valence-corrected chi connectivity index (χ2v) is 8.44. The normalized spacial score (nSPS) is 20.0. The number of aromatic amines is 1. The fourth-order valence-corrected chi connectivity index (χ4v) is 4.62. The van der Waals surface area contributed by atoms with E-state index in [1.807, 2.05) is 13.8 Å². The van der Waals surface area contributed by atoms with Gasteiger partial charge in [-0.25, -0.2) is 18.4 Å². The Kier molecular flexibility index (Phi) is 4.48. The molecule has 9 heteroatoms. The number of hydrogen-bond donors (Lipinski definition) is 1. The molecule has 1 saturated heterocycles. The molecule has 0 unspecified atom stereocenters. The number of piperidine rings is 1. The van der Waals surface area contributed by atoms with Crippen LogP contribution in [0.1, 0.15) is 62.5 Å². The molecule has 0 amide bonds. The molecule has 0 aromatic carbocycles. The van der Waals surface area contributed by atoms with E-state index in [1.165, 1.54) is 4.31 Å². The number of nitrogens with one attached hydrogen (secondary N) is 1. The van der Waals surface area contributed by atoms with Crippen LogP contribution in [0.3, 0.4) is 0 Å². The molecule has 1 aliphatic heterocycles. The average Bonchev–Trinajstić information content (AvgIpc) is 3.15. The minimum Gasteiger partial charge on any atom is -0.337 e. The smallest absolute Gasteiger partial charge is 0.262 e. The molecule has 0 aliphatic carbocycles. The number of aryl methyl sites for hydroxylation is 2. The summed E-state index contributed by atoms with van der Waals surface area (Å²) < 4.78 is 29.4. The third-order valence-corrected chi connectivity index (χ3v) is 6.25. The molecule has 1 aliphatic rings. The van der Waals surface area contributed by atoms with E-state index in [0.717, 1.165) is 19.3 Å². The van der Waals surface area contributed by atoms with E-state index >= 15 is 0 Å². The molecule has 3 heterocycles. The molecule has 2 aromatic rings. The topological polar surface area (TPSA) is 96.8 Å². The Morgan fingerprint density at radius 2 is 2.04 bits per heavy atom. The SMILES string of the molecule is Cc1nc(S(=O)(=O)N2CCCC[C@@H]2c2nc(C(C)C)n[nH]2)cn1C. The van der Waals surface area contributed by atoms with Gasteiger partial charge < -0.3 is 4.57 Å². The molecule has 3 rings (SSSR count). The summed E-state index contributed by atoms with van der Waals surface area (Å²) in [6, 6.07) is -0.314. The maximum absolute atomic E-state index is 13.1. The monoisotopic (exact) mass is 352 g/mol. The fraction of sp³-hybridized carbons (Fsp3) is 0.667. The minimum atomic E-state index is -3.66. The molecule has 0 radical (unpaired) electrons. The number of H-pyrrole nitrogens is 1. The van der Waals surface area contributed by atoms with E-state index in [9.17, 15) is 8.42 Å². The first-order valence-corrected chi connectivity index (χ1v) is 9.68. The van der Waals surface area contributed by atoms with E-state index in [2.05, 4.69) is 20.2 Å². The van der Waals surface area contributed by atoms with Gasteiger partial charge >= 0.3 is 0 Å². The summed E-state index contributed by atoms with van der Waals surface area (Å²) >= 11 is 0. The number of imidazole rings is 1. The minimum absolute atomic E-state index is 0.0954. The van der Waals surface area contributed by atoms with Crippen molar-refractivity contribution in [3.05, 3.63) is 23.7 Å². The standard InChI is InChI=1S/C15H24N6O2S/c1-10(2)14-17-15(19-18-14)12-7-5-6-8-21(12)24(22,23)13-9-20(4)11(3)16-13/h9-10,12H,5-8H2,1-4H3,(H,17,18,19)/t12-/m1/s1. The molecular formula is C15H24N6O2S. The van der Waals surface area contributed by atoms with Gasteiger partial charge in [-0.05, 0) is 19.8 Å². The van der Waals surface area contributed by atoms with E-state index in [0.29, 0.717) is 24.0 Å². The lowest BCUT2D eigenvalue weighted by molar-refractivity contribution is 0.246. The van der Waals surface area contributed by atoms with Crippen LogP contribution in [0.25, 0.3) is 0 Å². The Labute approximate surface area is 142 Å². The summed E-state index contributed by atoms with van der Waals surface area (Å²) in [4.78, 5) is 8.72. The zero-order valence-electron chi connectivity index (χ0n) is 14.5. The lowest BCUT2D eigenvalue weighted by Crippen LogP contribution is -2.39. The van der Waals surface area contributed by atoms with Gasteiger partial charge in [0, 0.05) is 25.7 Å². The van der Waals surface area contributed by atoms with Crippen molar-refractivity contribution in [3.63, 3.8) is 0 Å². The van der Waals surface area contributed by atoms with E-state index in [1.54, 1.807) is 24.7 Å². The van der Waals surface area contributed by atoms with Gasteiger partial charge in [0.25, 0.3) is 10.0 Å². The first-order valence-electron chi connectivity index (χ1n) is 8.24. The van der Waals surface area contributed by atoms with Crippen LogP contribution in [0, 0.1) is 6.92 Å². The van der Waals surface area contributed by atoms with Crippen LogP contribution in [0.5, 0.6) is 0 Å². The van der Waals surface area contributed by atoms with E-state index in [4.69, 9.17) is 0 Å². The summed E-state index contributed by atoms with van der Waals surface area (Å²) in [5, 5.41) is 7.25. The van der Waals surface area contributed by atoms with Gasteiger partial charge in [-0.15, -0.1) is 0 Å². The third kappa shape index (κ3) is 2.98. The maximum atomic E-state index is 13.1. The molecule has 0 spiro atoms. The summed E-state index contributed by atoms with van der Waals surface area (Å²) in [5.41, 5.74) is 0. The number of hydrogen-bond acceptors (Lipinski definition) is 5. The van der Waals surface area contributed by atoms with Crippen molar-refractivity contribution in [1.82, 2.24) is 29.0 Å². The van der Waals surface area contributed by atoms with Crippen molar-refractivity contribution < 1.29 is 8.42 Å². The van der Waals surface area contributed by atoms with E-state index in [-0.39, 0.29) is 17.0 Å². The third-order valence-electron chi connectivity index (χ3n) is 4.47. The molecule has 132 valence electrons. The molecular weight excluding hydrogens is 328 g/mol. The van der Waals surface area contributed by atoms with Crippen molar-refractivity contribution >= 4 is 10.0 Å². The predicted octanol–water partition coefficient (Wildman–Crippen LogP) is 1.89. The highest BCUT2D eigenvalue weighted by molar-refractivity contribution is 7.89. The number of nitrogens with zero attached hydrogens (tertiary/aromatic N) is 5. The molecule has 1 fully saturated rings. The fourth-order valence-electron chi connectivity index (χ4n) is 2.93. The van der Waals surface area contributed by atoms with Gasteiger partial charge in [0.05, 0.1) is 6.04 Å². The molecule has 24 heavy (non-hydrogen) atoms. The second kappa shape index (κ2) is 6.29. The van der Waals surface area contributed by atoms with Crippen molar-refractivity contribution in [2.75, 3.05) is 6.54 Å². The van der Waals surface area contributed by atoms with Gasteiger partial charge in [-0.2, -0.15) is 9.40 Å². The molecule has 1 N–H and O–H groups in total. The molecule has 0 bridgehead atoms. The molecule has 2 aromatic heterocycles. The summed E-state index contributed by atoms with van der Waals surface area (Å²) in [6.07, 6.45) is 4.11. The first-order chi connectivity index (χ1) is 11.3. The van der Waals surface area contributed by atoms with Gasteiger partial charge in [0.1, 0.15) is 11.6 Å². The summed E-state index contributed by atoms with van der Waals surface area (Å²) in [7, 11) is -1.87. The van der Waals surface area contributed by atoms with E-state index < -0.39 is 10.0 Å². The Hall–Kier alpha value is -1.74. The molecule has 8 nitrogen and oxygen atoms in total. The number of rotatable bonds is 4. The van der Waals surface area contributed by atoms with Gasteiger partial charge in [0.15, 0.2) is 10.9 Å². The Bertz CT molecular complexity index is 803. The van der Waals surface area contributed by atoms with Crippen molar-refractivity contribution in [2.24, 2.45) is 7.05 Å². The molecule has 0 saturated carbocycles. The van der Waals surface area contributed by atoms with Crippen molar-refractivity contribution in [2.45, 2.75) is 57.0 Å². The van der Waals surface area contributed by atoms with Crippen molar-refractivity contribution in [3.8, 4) is 0 Å². The van der Waals surface area contributed by atoms with Crippen LogP contribution < -0.4 is 0 Å². The zero-order valence-corrected chi connectivity index (χ0v) is 15.3. The average molecular weight is 352 g/mol. The van der Waals surface area contributed by atoms with Crippen LogP contribution in [0.15, 0.2) is 11.2 Å². The van der Waals surface area contributed by atoms with Crippen molar-refractivity contribution in [1.29, 1.82) is 0 Å². The van der Waals surface area contributed by atoms with Gasteiger partial charge in [0.2, 0.25) is 0 Å². The Balaban J connectivity index is 1.96. The first kappa shape index (κ1) is 17.1.